The largest absolute Gasteiger partial charge is 0.396 e. The SMILES string of the molecule is CCC(CCO)NC(=O)CCSc1ccc(C)c(C)c1. The summed E-state index contributed by atoms with van der Waals surface area (Å²) in [6.07, 6.45) is 2.00. The van der Waals surface area contributed by atoms with Gasteiger partial charge in [0.1, 0.15) is 0 Å². The number of thioether (sulfide) groups is 1. The Morgan fingerprint density at radius 3 is 2.70 bits per heavy atom. The zero-order valence-electron chi connectivity index (χ0n) is 12.6. The van der Waals surface area contributed by atoms with Crippen molar-refractivity contribution >= 4 is 17.7 Å². The Bertz CT molecular complexity index is 434. The molecule has 0 aliphatic carbocycles. The van der Waals surface area contributed by atoms with Crippen molar-refractivity contribution in [2.75, 3.05) is 12.4 Å². The van der Waals surface area contributed by atoms with Crippen molar-refractivity contribution in [1.82, 2.24) is 5.32 Å². The predicted molar refractivity (Wildman–Crippen MR) is 85.2 cm³/mol. The fourth-order valence-electron chi connectivity index (χ4n) is 1.90. The molecule has 0 saturated carbocycles. The van der Waals surface area contributed by atoms with Crippen LogP contribution in [0.3, 0.4) is 0 Å². The molecule has 0 saturated heterocycles. The first kappa shape index (κ1) is 17.1. The van der Waals surface area contributed by atoms with E-state index in [9.17, 15) is 4.79 Å². The molecule has 1 unspecified atom stereocenters. The second-order valence-electron chi connectivity index (χ2n) is 5.03. The van der Waals surface area contributed by atoms with Crippen molar-refractivity contribution in [3.8, 4) is 0 Å². The summed E-state index contributed by atoms with van der Waals surface area (Å²) in [5, 5.41) is 11.9. The highest BCUT2D eigenvalue weighted by Crippen LogP contribution is 2.21. The van der Waals surface area contributed by atoms with Crippen LogP contribution < -0.4 is 5.32 Å². The summed E-state index contributed by atoms with van der Waals surface area (Å²) >= 11 is 1.71. The van der Waals surface area contributed by atoms with Gasteiger partial charge in [-0.1, -0.05) is 13.0 Å². The van der Waals surface area contributed by atoms with Gasteiger partial charge in [0.05, 0.1) is 0 Å². The molecule has 4 heteroatoms. The first-order valence-corrected chi connectivity index (χ1v) is 8.15. The van der Waals surface area contributed by atoms with E-state index >= 15 is 0 Å². The van der Waals surface area contributed by atoms with Crippen molar-refractivity contribution in [3.63, 3.8) is 0 Å². The van der Waals surface area contributed by atoms with E-state index in [1.165, 1.54) is 16.0 Å². The van der Waals surface area contributed by atoms with Crippen LogP contribution in [0.2, 0.25) is 0 Å². The zero-order valence-corrected chi connectivity index (χ0v) is 13.4. The molecule has 1 aromatic rings. The molecular weight excluding hydrogens is 270 g/mol. The topological polar surface area (TPSA) is 49.3 Å². The molecule has 2 N–H and O–H groups in total. The summed E-state index contributed by atoms with van der Waals surface area (Å²) < 4.78 is 0. The molecule has 1 amide bonds. The lowest BCUT2D eigenvalue weighted by Crippen LogP contribution is -2.35. The normalized spacial score (nSPS) is 12.2. The van der Waals surface area contributed by atoms with Gasteiger partial charge >= 0.3 is 0 Å². The van der Waals surface area contributed by atoms with E-state index < -0.39 is 0 Å². The van der Waals surface area contributed by atoms with Crippen LogP contribution in [0, 0.1) is 13.8 Å². The molecule has 1 aromatic carbocycles. The Morgan fingerprint density at radius 1 is 1.35 bits per heavy atom. The maximum Gasteiger partial charge on any atom is 0.221 e. The van der Waals surface area contributed by atoms with Crippen molar-refractivity contribution in [2.24, 2.45) is 0 Å². The summed E-state index contributed by atoms with van der Waals surface area (Å²) in [5.74, 6) is 0.853. The highest BCUT2D eigenvalue weighted by molar-refractivity contribution is 7.99. The van der Waals surface area contributed by atoms with Crippen LogP contribution in [0.4, 0.5) is 0 Å². The first-order chi connectivity index (χ1) is 9.56. The molecule has 0 spiro atoms. The van der Waals surface area contributed by atoms with Crippen LogP contribution in [0.15, 0.2) is 23.1 Å². The number of hydrogen-bond donors (Lipinski definition) is 2. The van der Waals surface area contributed by atoms with Crippen LogP contribution in [0.5, 0.6) is 0 Å². The van der Waals surface area contributed by atoms with Crippen LogP contribution >= 0.6 is 11.8 Å². The second-order valence-corrected chi connectivity index (χ2v) is 6.20. The molecule has 3 nitrogen and oxygen atoms in total. The van der Waals surface area contributed by atoms with Crippen LogP contribution in [0.25, 0.3) is 0 Å². The van der Waals surface area contributed by atoms with E-state index in [2.05, 4.69) is 37.4 Å². The van der Waals surface area contributed by atoms with Crippen molar-refractivity contribution < 1.29 is 9.90 Å². The van der Waals surface area contributed by atoms with E-state index in [0.717, 1.165) is 12.2 Å². The average molecular weight is 295 g/mol. The number of carbonyl (C=O) groups excluding carboxylic acids is 1. The van der Waals surface area contributed by atoms with Gasteiger partial charge in [-0.3, -0.25) is 4.79 Å². The van der Waals surface area contributed by atoms with Gasteiger partial charge in [0.2, 0.25) is 5.91 Å². The van der Waals surface area contributed by atoms with E-state index in [1.54, 1.807) is 11.8 Å². The summed E-state index contributed by atoms with van der Waals surface area (Å²) in [6.45, 7) is 6.34. The van der Waals surface area contributed by atoms with Gasteiger partial charge < -0.3 is 10.4 Å². The lowest BCUT2D eigenvalue weighted by Gasteiger charge is -2.15. The molecule has 0 aliphatic heterocycles. The summed E-state index contributed by atoms with van der Waals surface area (Å²) in [6, 6.07) is 6.48. The first-order valence-electron chi connectivity index (χ1n) is 7.17. The molecule has 0 aromatic heterocycles. The quantitative estimate of drug-likeness (QED) is 0.725. The van der Waals surface area contributed by atoms with Crippen molar-refractivity contribution in [2.45, 2.75) is 51.0 Å². The zero-order chi connectivity index (χ0) is 15.0. The molecule has 0 aliphatic rings. The Balaban J connectivity index is 2.32. The summed E-state index contributed by atoms with van der Waals surface area (Å²) in [4.78, 5) is 13.0. The number of carbonyl (C=O) groups is 1. The predicted octanol–water partition coefficient (Wildman–Crippen LogP) is 3.06. The number of rotatable bonds is 8. The lowest BCUT2D eigenvalue weighted by atomic mass is 10.1. The number of amides is 1. The molecular formula is C16H25NO2S. The fraction of sp³-hybridized carbons (Fsp3) is 0.562. The molecule has 0 bridgehead atoms. The van der Waals surface area contributed by atoms with Gasteiger partial charge in [-0.2, -0.15) is 0 Å². The maximum absolute atomic E-state index is 11.8. The Morgan fingerprint density at radius 2 is 2.10 bits per heavy atom. The fourth-order valence-corrected chi connectivity index (χ4v) is 2.85. The number of benzene rings is 1. The Hall–Kier alpha value is -1.00. The van der Waals surface area contributed by atoms with Crippen LogP contribution in [-0.2, 0) is 4.79 Å². The van der Waals surface area contributed by atoms with Gasteiger partial charge in [-0.25, -0.2) is 0 Å². The lowest BCUT2D eigenvalue weighted by molar-refractivity contribution is -0.121. The van der Waals surface area contributed by atoms with Crippen LogP contribution in [0.1, 0.15) is 37.3 Å². The van der Waals surface area contributed by atoms with Gasteiger partial charge in [0, 0.05) is 29.7 Å². The minimum atomic E-state index is 0.0710. The molecule has 1 atom stereocenters. The number of aryl methyl sites for hydroxylation is 2. The van der Waals surface area contributed by atoms with E-state index in [1.807, 2.05) is 6.92 Å². The third kappa shape index (κ3) is 5.97. The smallest absolute Gasteiger partial charge is 0.221 e. The maximum atomic E-state index is 11.8. The molecule has 112 valence electrons. The van der Waals surface area contributed by atoms with Gasteiger partial charge in [0.15, 0.2) is 0 Å². The highest BCUT2D eigenvalue weighted by atomic mass is 32.2. The Labute approximate surface area is 126 Å². The second kappa shape index (κ2) is 9.03. The van der Waals surface area contributed by atoms with Gasteiger partial charge in [-0.05, 0) is 49.9 Å². The number of hydrogen-bond acceptors (Lipinski definition) is 3. The minimum absolute atomic E-state index is 0.0710. The summed E-state index contributed by atoms with van der Waals surface area (Å²) in [5.41, 5.74) is 2.58. The molecule has 0 heterocycles. The van der Waals surface area contributed by atoms with E-state index in [-0.39, 0.29) is 18.6 Å². The van der Waals surface area contributed by atoms with Gasteiger partial charge in [-0.15, -0.1) is 11.8 Å². The highest BCUT2D eigenvalue weighted by Gasteiger charge is 2.09. The number of aliphatic hydroxyl groups is 1. The molecule has 1 rings (SSSR count). The van der Waals surface area contributed by atoms with E-state index in [0.29, 0.717) is 12.8 Å². The average Bonchev–Trinajstić information content (AvgIpc) is 2.42. The molecule has 20 heavy (non-hydrogen) atoms. The molecule has 0 radical (unpaired) electrons. The van der Waals surface area contributed by atoms with E-state index in [4.69, 9.17) is 5.11 Å². The summed E-state index contributed by atoms with van der Waals surface area (Å²) in [7, 11) is 0. The minimum Gasteiger partial charge on any atom is -0.396 e. The third-order valence-corrected chi connectivity index (χ3v) is 4.41. The third-order valence-electron chi connectivity index (χ3n) is 3.41. The number of aliphatic hydroxyl groups excluding tert-OH is 1. The van der Waals surface area contributed by atoms with Crippen LogP contribution in [-0.4, -0.2) is 29.4 Å². The van der Waals surface area contributed by atoms with Crippen molar-refractivity contribution in [1.29, 1.82) is 0 Å². The standard InChI is InChI=1S/C16H25NO2S/c1-4-14(7-9-18)17-16(19)8-10-20-15-6-5-12(2)13(3)11-15/h5-6,11,14,18H,4,7-10H2,1-3H3,(H,17,19). The molecule has 0 fully saturated rings. The number of nitrogens with one attached hydrogen (secondary N) is 1. The van der Waals surface area contributed by atoms with Gasteiger partial charge in [0.25, 0.3) is 0 Å². The van der Waals surface area contributed by atoms with Crippen molar-refractivity contribution in [3.05, 3.63) is 29.3 Å². The Kier molecular flexibility index (Phi) is 7.70. The monoisotopic (exact) mass is 295 g/mol.